The molecule has 0 fully saturated rings. The zero-order valence-corrected chi connectivity index (χ0v) is 15.6. The van der Waals surface area contributed by atoms with Crippen molar-refractivity contribution in [2.45, 2.75) is 0 Å². The second-order valence-electron chi connectivity index (χ2n) is 6.34. The van der Waals surface area contributed by atoms with Crippen molar-refractivity contribution in [2.24, 2.45) is 0 Å². The fraction of sp³-hybridized carbons (Fsp3) is 0.316. The number of benzene rings is 1. The molecule has 0 saturated carbocycles. The number of aromatic nitrogens is 4. The Labute approximate surface area is 153 Å². The molecule has 0 unspecified atom stereocenters. The first-order valence-electron chi connectivity index (χ1n) is 8.45. The molecule has 0 aliphatic carbocycles. The highest BCUT2D eigenvalue weighted by molar-refractivity contribution is 5.59. The number of rotatable bonds is 7. The Morgan fingerprint density at radius 3 is 2.73 bits per heavy atom. The summed E-state index contributed by atoms with van der Waals surface area (Å²) < 4.78 is 7.09. The number of nitrogens with zero attached hydrogens (tertiary/aromatic N) is 6. The number of anilines is 1. The van der Waals surface area contributed by atoms with Crippen molar-refractivity contribution in [1.29, 1.82) is 0 Å². The van der Waals surface area contributed by atoms with Gasteiger partial charge >= 0.3 is 0 Å². The number of likely N-dealkylation sites (N-methyl/N-ethyl adjacent to an activating group) is 2. The van der Waals surface area contributed by atoms with E-state index in [2.05, 4.69) is 39.0 Å². The minimum absolute atomic E-state index is 0.707. The van der Waals surface area contributed by atoms with Crippen molar-refractivity contribution in [3.8, 4) is 22.7 Å². The lowest BCUT2D eigenvalue weighted by Gasteiger charge is -2.19. The van der Waals surface area contributed by atoms with Gasteiger partial charge in [0, 0.05) is 44.2 Å². The Hall–Kier alpha value is -2.93. The smallest absolute Gasteiger partial charge is 0.225 e. The van der Waals surface area contributed by atoms with Crippen molar-refractivity contribution < 1.29 is 4.74 Å². The molecule has 3 aromatic rings. The molecule has 0 bridgehead atoms. The van der Waals surface area contributed by atoms with Gasteiger partial charge in [0.2, 0.25) is 5.95 Å². The van der Waals surface area contributed by atoms with Crippen LogP contribution in [-0.2, 0) is 0 Å². The van der Waals surface area contributed by atoms with Gasteiger partial charge in [0.15, 0.2) is 0 Å². The van der Waals surface area contributed by atoms with Crippen LogP contribution in [-0.4, -0.2) is 66.0 Å². The van der Waals surface area contributed by atoms with Crippen LogP contribution in [0.2, 0.25) is 0 Å². The van der Waals surface area contributed by atoms with E-state index in [1.54, 1.807) is 13.3 Å². The molecule has 0 amide bonds. The average Bonchev–Trinajstić information content (AvgIpc) is 3.16. The molecular weight excluding hydrogens is 328 g/mol. The van der Waals surface area contributed by atoms with Gasteiger partial charge in [-0.25, -0.2) is 14.6 Å². The first-order valence-corrected chi connectivity index (χ1v) is 8.45. The molecule has 2 aromatic heterocycles. The van der Waals surface area contributed by atoms with Crippen LogP contribution in [0.5, 0.6) is 5.75 Å². The molecule has 0 aliphatic rings. The van der Waals surface area contributed by atoms with Crippen molar-refractivity contribution in [1.82, 2.24) is 24.6 Å². The molecule has 1 aromatic carbocycles. The van der Waals surface area contributed by atoms with Gasteiger partial charge in [-0.3, -0.25) is 0 Å². The van der Waals surface area contributed by atoms with Crippen LogP contribution in [0.1, 0.15) is 0 Å². The lowest BCUT2D eigenvalue weighted by Crippen LogP contribution is -2.29. The molecule has 26 heavy (non-hydrogen) atoms. The van der Waals surface area contributed by atoms with E-state index in [0.717, 1.165) is 35.8 Å². The molecule has 0 aliphatic heterocycles. The van der Waals surface area contributed by atoms with E-state index in [1.165, 1.54) is 0 Å². The van der Waals surface area contributed by atoms with Crippen LogP contribution in [0.15, 0.2) is 48.9 Å². The summed E-state index contributed by atoms with van der Waals surface area (Å²) in [6, 6.07) is 9.68. The van der Waals surface area contributed by atoms with Crippen LogP contribution < -0.4 is 9.64 Å². The third-order valence-corrected chi connectivity index (χ3v) is 4.06. The third kappa shape index (κ3) is 4.18. The summed E-state index contributed by atoms with van der Waals surface area (Å²) in [7, 11) is 7.77. The highest BCUT2D eigenvalue weighted by Crippen LogP contribution is 2.21. The number of ether oxygens (including phenoxy) is 1. The molecule has 0 spiro atoms. The van der Waals surface area contributed by atoms with E-state index in [0.29, 0.717) is 5.95 Å². The highest BCUT2D eigenvalue weighted by Gasteiger charge is 2.09. The topological polar surface area (TPSA) is 59.3 Å². The van der Waals surface area contributed by atoms with Crippen molar-refractivity contribution in [3.63, 3.8) is 0 Å². The molecule has 0 saturated heterocycles. The zero-order chi connectivity index (χ0) is 18.5. The first kappa shape index (κ1) is 17.9. The summed E-state index contributed by atoms with van der Waals surface area (Å²) >= 11 is 0. The van der Waals surface area contributed by atoms with Gasteiger partial charge in [-0.15, -0.1) is 0 Å². The Morgan fingerprint density at radius 1 is 1.12 bits per heavy atom. The molecule has 0 atom stereocenters. The SMILES string of the molecule is COc1cccc(-n2cc(-c3ccnc(N(C)CCN(C)C)n3)cn2)c1. The van der Waals surface area contributed by atoms with E-state index in [9.17, 15) is 0 Å². The lowest BCUT2D eigenvalue weighted by atomic mass is 10.2. The van der Waals surface area contributed by atoms with E-state index in [1.807, 2.05) is 54.5 Å². The lowest BCUT2D eigenvalue weighted by molar-refractivity contribution is 0.414. The van der Waals surface area contributed by atoms with Gasteiger partial charge in [-0.05, 0) is 32.3 Å². The highest BCUT2D eigenvalue weighted by atomic mass is 16.5. The maximum atomic E-state index is 5.28. The van der Waals surface area contributed by atoms with E-state index < -0.39 is 0 Å². The third-order valence-electron chi connectivity index (χ3n) is 4.06. The van der Waals surface area contributed by atoms with Gasteiger partial charge in [0.1, 0.15) is 5.75 Å². The van der Waals surface area contributed by atoms with Gasteiger partial charge in [0.25, 0.3) is 0 Å². The number of hydrogen-bond acceptors (Lipinski definition) is 6. The standard InChI is InChI=1S/C19H24N6O/c1-23(2)10-11-24(3)19-20-9-8-18(22-19)15-13-21-25(14-15)16-6-5-7-17(12-16)26-4/h5-9,12-14H,10-11H2,1-4H3. The maximum absolute atomic E-state index is 5.28. The minimum atomic E-state index is 0.707. The summed E-state index contributed by atoms with van der Waals surface area (Å²) in [4.78, 5) is 13.3. The van der Waals surface area contributed by atoms with Crippen molar-refractivity contribution in [3.05, 3.63) is 48.9 Å². The van der Waals surface area contributed by atoms with Crippen LogP contribution in [0, 0.1) is 0 Å². The Kier molecular flexibility index (Phi) is 5.48. The second-order valence-corrected chi connectivity index (χ2v) is 6.34. The predicted molar refractivity (Wildman–Crippen MR) is 103 cm³/mol. The summed E-state index contributed by atoms with van der Waals surface area (Å²) in [6.07, 6.45) is 5.55. The molecule has 2 heterocycles. The number of hydrogen-bond donors (Lipinski definition) is 0. The van der Waals surface area contributed by atoms with E-state index in [-0.39, 0.29) is 0 Å². The first-order chi connectivity index (χ1) is 12.6. The monoisotopic (exact) mass is 352 g/mol. The minimum Gasteiger partial charge on any atom is -0.497 e. The molecule has 7 nitrogen and oxygen atoms in total. The molecule has 0 radical (unpaired) electrons. The summed E-state index contributed by atoms with van der Waals surface area (Å²) in [5, 5.41) is 4.45. The zero-order valence-electron chi connectivity index (χ0n) is 15.6. The van der Waals surface area contributed by atoms with Gasteiger partial charge in [0.05, 0.1) is 24.7 Å². The van der Waals surface area contributed by atoms with Crippen LogP contribution in [0.25, 0.3) is 16.9 Å². The fourth-order valence-corrected chi connectivity index (χ4v) is 2.49. The number of methoxy groups -OCH3 is 1. The van der Waals surface area contributed by atoms with Gasteiger partial charge in [-0.1, -0.05) is 6.07 Å². The predicted octanol–water partition coefficient (Wildman–Crippen LogP) is 2.34. The summed E-state index contributed by atoms with van der Waals surface area (Å²) in [5.41, 5.74) is 2.73. The Morgan fingerprint density at radius 2 is 1.96 bits per heavy atom. The second kappa shape index (κ2) is 7.97. The summed E-state index contributed by atoms with van der Waals surface area (Å²) in [6.45, 7) is 1.80. The van der Waals surface area contributed by atoms with E-state index in [4.69, 9.17) is 4.74 Å². The van der Waals surface area contributed by atoms with Gasteiger partial charge < -0.3 is 14.5 Å². The van der Waals surface area contributed by atoms with Crippen molar-refractivity contribution >= 4 is 5.95 Å². The normalized spacial score (nSPS) is 11.0. The molecule has 136 valence electrons. The van der Waals surface area contributed by atoms with Crippen molar-refractivity contribution in [2.75, 3.05) is 46.2 Å². The molecule has 3 rings (SSSR count). The fourth-order valence-electron chi connectivity index (χ4n) is 2.49. The maximum Gasteiger partial charge on any atom is 0.225 e. The molecule has 7 heteroatoms. The Bertz CT molecular complexity index is 860. The average molecular weight is 352 g/mol. The largest absolute Gasteiger partial charge is 0.497 e. The van der Waals surface area contributed by atoms with Crippen LogP contribution >= 0.6 is 0 Å². The summed E-state index contributed by atoms with van der Waals surface area (Å²) in [5.74, 6) is 1.50. The van der Waals surface area contributed by atoms with Crippen LogP contribution in [0.4, 0.5) is 5.95 Å². The van der Waals surface area contributed by atoms with E-state index >= 15 is 0 Å². The van der Waals surface area contributed by atoms with Crippen LogP contribution in [0.3, 0.4) is 0 Å². The van der Waals surface area contributed by atoms with Gasteiger partial charge in [-0.2, -0.15) is 5.10 Å². The quantitative estimate of drug-likeness (QED) is 0.650. The molecule has 0 N–H and O–H groups in total. The molecular formula is C19H24N6O. The Balaban J connectivity index is 1.82.